The second-order valence-corrected chi connectivity index (χ2v) is 10.8. The van der Waals surface area contributed by atoms with Gasteiger partial charge in [-0.1, -0.05) is 44.2 Å². The molecule has 0 aliphatic heterocycles. The third-order valence-electron chi connectivity index (χ3n) is 9.51. The zero-order valence-corrected chi connectivity index (χ0v) is 18.9. The van der Waals surface area contributed by atoms with Gasteiger partial charge in [-0.05, 0) is 91.9 Å². The number of benzene rings is 1. The minimum atomic E-state index is -0.198. The maximum absolute atomic E-state index is 12.9. The average molecular weight is 419 g/mol. The maximum atomic E-state index is 12.9. The number of ketones is 1. The lowest BCUT2D eigenvalue weighted by molar-refractivity contribution is -0.118. The predicted molar refractivity (Wildman–Crippen MR) is 122 cm³/mol. The van der Waals surface area contributed by atoms with Crippen molar-refractivity contribution < 1.29 is 14.3 Å². The van der Waals surface area contributed by atoms with Crippen molar-refractivity contribution in [2.24, 2.45) is 28.6 Å². The standard InChI is InChI=1S/C28H34O3/c1-4-18-5-7-19(8-6-18)26(30)31-25-12-11-23-22-10-9-20-17-21(29)13-15-27(20,2)24(22)14-16-28(23,25)3/h4-8,17,22-25H,1,9-16H2,2-3H3/t22-,23-,24-,25-,27-,28-/m0/s1. The van der Waals surface area contributed by atoms with Crippen molar-refractivity contribution in [2.45, 2.75) is 71.3 Å². The first-order chi connectivity index (χ1) is 14.8. The number of carbonyl (C=O) groups excluding carboxylic acids is 2. The van der Waals surface area contributed by atoms with E-state index in [1.165, 1.54) is 18.4 Å². The molecule has 1 aromatic rings. The van der Waals surface area contributed by atoms with Crippen molar-refractivity contribution >= 4 is 17.8 Å². The van der Waals surface area contributed by atoms with Crippen molar-refractivity contribution in [3.63, 3.8) is 0 Å². The molecule has 3 nitrogen and oxygen atoms in total. The fourth-order valence-corrected chi connectivity index (χ4v) is 7.66. The predicted octanol–water partition coefficient (Wildman–Crippen LogP) is 6.39. The normalized spacial score (nSPS) is 39.0. The monoisotopic (exact) mass is 418 g/mol. The molecule has 4 aliphatic carbocycles. The Hall–Kier alpha value is -2.16. The Morgan fingerprint density at radius 3 is 2.55 bits per heavy atom. The molecule has 3 saturated carbocycles. The lowest BCUT2D eigenvalue weighted by Gasteiger charge is -2.57. The number of esters is 1. The molecule has 31 heavy (non-hydrogen) atoms. The molecule has 0 amide bonds. The summed E-state index contributed by atoms with van der Waals surface area (Å²) < 4.78 is 6.15. The summed E-state index contributed by atoms with van der Waals surface area (Å²) in [6.45, 7) is 8.57. The molecule has 0 aromatic heterocycles. The van der Waals surface area contributed by atoms with Crippen molar-refractivity contribution in [1.29, 1.82) is 0 Å². The molecule has 0 saturated heterocycles. The summed E-state index contributed by atoms with van der Waals surface area (Å²) in [5.41, 5.74) is 3.31. The van der Waals surface area contributed by atoms with Crippen LogP contribution in [0.5, 0.6) is 0 Å². The Morgan fingerprint density at radius 2 is 1.81 bits per heavy atom. The third kappa shape index (κ3) is 3.23. The number of ether oxygens (including phenoxy) is 1. The van der Waals surface area contributed by atoms with Crippen LogP contribution in [-0.4, -0.2) is 17.9 Å². The van der Waals surface area contributed by atoms with E-state index in [0.29, 0.717) is 35.5 Å². The van der Waals surface area contributed by atoms with Gasteiger partial charge in [-0.3, -0.25) is 4.79 Å². The number of hydrogen-bond acceptors (Lipinski definition) is 3. The Balaban J connectivity index is 1.34. The van der Waals surface area contributed by atoms with Crippen LogP contribution in [0.4, 0.5) is 0 Å². The fraction of sp³-hybridized carbons (Fsp3) is 0.571. The molecule has 0 bridgehead atoms. The summed E-state index contributed by atoms with van der Waals surface area (Å²) in [6.07, 6.45) is 12.1. The van der Waals surface area contributed by atoms with Gasteiger partial charge in [0.2, 0.25) is 0 Å². The van der Waals surface area contributed by atoms with Crippen LogP contribution >= 0.6 is 0 Å². The Bertz CT molecular complexity index is 942. The second-order valence-electron chi connectivity index (χ2n) is 10.8. The molecule has 4 aliphatic rings. The quantitative estimate of drug-likeness (QED) is 0.534. The van der Waals surface area contributed by atoms with Crippen molar-refractivity contribution in [1.82, 2.24) is 0 Å². The van der Waals surface area contributed by atoms with Crippen LogP contribution in [-0.2, 0) is 9.53 Å². The highest BCUT2D eigenvalue weighted by Crippen LogP contribution is 2.65. The van der Waals surface area contributed by atoms with Gasteiger partial charge < -0.3 is 4.74 Å². The Kier molecular flexibility index (Phi) is 4.99. The summed E-state index contributed by atoms with van der Waals surface area (Å²) in [4.78, 5) is 24.9. The minimum absolute atomic E-state index is 0.00251. The molecular formula is C28H34O3. The smallest absolute Gasteiger partial charge is 0.338 e. The number of rotatable bonds is 3. The first-order valence-corrected chi connectivity index (χ1v) is 12.0. The van der Waals surface area contributed by atoms with E-state index in [0.717, 1.165) is 37.7 Å². The molecule has 0 unspecified atom stereocenters. The van der Waals surface area contributed by atoms with Crippen LogP contribution in [0.3, 0.4) is 0 Å². The van der Waals surface area contributed by atoms with Gasteiger partial charge in [0.05, 0.1) is 5.56 Å². The van der Waals surface area contributed by atoms with Gasteiger partial charge in [-0.15, -0.1) is 0 Å². The van der Waals surface area contributed by atoms with Gasteiger partial charge in [0.15, 0.2) is 5.78 Å². The number of fused-ring (bicyclic) bond motifs is 5. The Labute approximate surface area is 185 Å². The molecule has 0 radical (unpaired) electrons. The molecule has 0 N–H and O–H groups in total. The van der Waals surface area contributed by atoms with Gasteiger partial charge >= 0.3 is 5.97 Å². The number of carbonyl (C=O) groups is 2. The molecule has 0 spiro atoms. The summed E-state index contributed by atoms with van der Waals surface area (Å²) in [5, 5.41) is 0. The minimum Gasteiger partial charge on any atom is -0.458 e. The highest BCUT2D eigenvalue weighted by molar-refractivity contribution is 5.91. The van der Waals surface area contributed by atoms with E-state index in [9.17, 15) is 9.59 Å². The van der Waals surface area contributed by atoms with Gasteiger partial charge in [0, 0.05) is 11.8 Å². The van der Waals surface area contributed by atoms with Gasteiger partial charge in [-0.25, -0.2) is 4.79 Å². The van der Waals surface area contributed by atoms with Gasteiger partial charge in [0.1, 0.15) is 6.10 Å². The topological polar surface area (TPSA) is 43.4 Å². The molecule has 3 fully saturated rings. The zero-order valence-electron chi connectivity index (χ0n) is 18.9. The molecule has 0 heterocycles. The molecule has 3 heteroatoms. The average Bonchev–Trinajstić information content (AvgIpc) is 3.10. The van der Waals surface area contributed by atoms with Crippen molar-refractivity contribution in [3.05, 3.63) is 53.6 Å². The third-order valence-corrected chi connectivity index (χ3v) is 9.51. The first-order valence-electron chi connectivity index (χ1n) is 12.0. The lowest BCUT2D eigenvalue weighted by atomic mass is 9.47. The first kappa shape index (κ1) is 20.7. The second kappa shape index (κ2) is 7.46. The van der Waals surface area contributed by atoms with Crippen LogP contribution in [0, 0.1) is 28.6 Å². The van der Waals surface area contributed by atoms with Gasteiger partial charge in [-0.2, -0.15) is 0 Å². The SMILES string of the molecule is C=Cc1ccc(C(=O)O[C@H]2CC[C@H]3[C@@H]4CCC5=CC(=O)CC[C@]5(C)[C@H]4CC[C@]23C)cc1. The van der Waals surface area contributed by atoms with E-state index >= 15 is 0 Å². The van der Waals surface area contributed by atoms with Crippen molar-refractivity contribution in [2.75, 3.05) is 0 Å². The zero-order chi connectivity index (χ0) is 21.8. The van der Waals surface area contributed by atoms with E-state index in [2.05, 4.69) is 20.4 Å². The largest absolute Gasteiger partial charge is 0.458 e. The maximum Gasteiger partial charge on any atom is 0.338 e. The number of hydrogen-bond donors (Lipinski definition) is 0. The summed E-state index contributed by atoms with van der Waals surface area (Å²) >= 11 is 0. The molecule has 5 rings (SSSR count). The van der Waals surface area contributed by atoms with Crippen molar-refractivity contribution in [3.8, 4) is 0 Å². The van der Waals surface area contributed by atoms with E-state index in [4.69, 9.17) is 4.74 Å². The van der Waals surface area contributed by atoms with E-state index < -0.39 is 0 Å². The highest BCUT2D eigenvalue weighted by Gasteiger charge is 2.60. The van der Waals surface area contributed by atoms with Crippen LogP contribution in [0.2, 0.25) is 0 Å². The van der Waals surface area contributed by atoms with E-state index in [1.54, 1.807) is 6.08 Å². The summed E-state index contributed by atoms with van der Waals surface area (Å²) in [7, 11) is 0. The van der Waals surface area contributed by atoms with Crippen LogP contribution in [0.25, 0.3) is 6.08 Å². The van der Waals surface area contributed by atoms with Crippen LogP contribution < -0.4 is 0 Å². The molecule has 1 aromatic carbocycles. The van der Waals surface area contributed by atoms with Gasteiger partial charge in [0.25, 0.3) is 0 Å². The molecular weight excluding hydrogens is 384 g/mol. The van der Waals surface area contributed by atoms with Crippen LogP contribution in [0.15, 0.2) is 42.5 Å². The Morgan fingerprint density at radius 1 is 1.03 bits per heavy atom. The van der Waals surface area contributed by atoms with Crippen LogP contribution in [0.1, 0.15) is 81.1 Å². The van der Waals surface area contributed by atoms with E-state index in [1.807, 2.05) is 30.3 Å². The molecule has 6 atom stereocenters. The van der Waals surface area contributed by atoms with E-state index in [-0.39, 0.29) is 22.9 Å². The fourth-order valence-electron chi connectivity index (χ4n) is 7.66. The highest BCUT2D eigenvalue weighted by atomic mass is 16.5. The molecule has 164 valence electrons. The number of allylic oxidation sites excluding steroid dienone is 1. The summed E-state index contributed by atoms with van der Waals surface area (Å²) in [5.74, 6) is 2.09. The summed E-state index contributed by atoms with van der Waals surface area (Å²) in [6, 6.07) is 7.50. The lowest BCUT2D eigenvalue weighted by Crippen LogP contribution is -2.51.